The van der Waals surface area contributed by atoms with Crippen molar-refractivity contribution in [3.63, 3.8) is 0 Å². The number of benzene rings is 1. The second-order valence-corrected chi connectivity index (χ2v) is 6.96. The predicted octanol–water partition coefficient (Wildman–Crippen LogP) is 1.14. The Morgan fingerprint density at radius 1 is 1.33 bits per heavy atom. The second-order valence-electron chi connectivity index (χ2n) is 5.24. The summed E-state index contributed by atoms with van der Waals surface area (Å²) in [6.07, 6.45) is 3.36. The lowest BCUT2D eigenvalue weighted by molar-refractivity contribution is -0.384. The van der Waals surface area contributed by atoms with Gasteiger partial charge in [-0.05, 0) is 18.1 Å². The Bertz CT molecular complexity index is 842. The van der Waals surface area contributed by atoms with Crippen LogP contribution in [0.25, 0.3) is 0 Å². The maximum Gasteiger partial charge on any atom is 0.269 e. The fraction of sp³-hybridized carbons (Fsp3) is 0.286. The minimum atomic E-state index is -3.87. The van der Waals surface area contributed by atoms with Crippen LogP contribution in [0.15, 0.2) is 36.7 Å². The second kappa shape index (κ2) is 7.21. The van der Waals surface area contributed by atoms with Gasteiger partial charge in [-0.2, -0.15) is 5.10 Å². The molecular formula is C14H16N4O5S. The Kier molecular flexibility index (Phi) is 5.29. The van der Waals surface area contributed by atoms with Crippen LogP contribution in [0.5, 0.6) is 0 Å². The third-order valence-corrected chi connectivity index (χ3v) is 4.36. The van der Waals surface area contributed by atoms with E-state index < -0.39 is 26.6 Å². The van der Waals surface area contributed by atoms with Gasteiger partial charge >= 0.3 is 0 Å². The van der Waals surface area contributed by atoms with Crippen molar-refractivity contribution in [3.05, 3.63) is 57.9 Å². The van der Waals surface area contributed by atoms with E-state index >= 15 is 0 Å². The lowest BCUT2D eigenvalue weighted by atomic mass is 10.2. The number of nitro benzene ring substituents is 1. The van der Waals surface area contributed by atoms with Gasteiger partial charge in [0.05, 0.1) is 16.9 Å². The van der Waals surface area contributed by atoms with Crippen LogP contribution in [0, 0.1) is 17.0 Å². The first-order valence-corrected chi connectivity index (χ1v) is 8.66. The van der Waals surface area contributed by atoms with E-state index in [4.69, 9.17) is 0 Å². The summed E-state index contributed by atoms with van der Waals surface area (Å²) in [5.41, 5.74) is 1.17. The van der Waals surface area contributed by atoms with Crippen LogP contribution in [-0.2, 0) is 27.1 Å². The van der Waals surface area contributed by atoms with Crippen LogP contribution in [0.2, 0.25) is 0 Å². The van der Waals surface area contributed by atoms with Gasteiger partial charge in [0.15, 0.2) is 0 Å². The minimum absolute atomic E-state index is 0.0272. The van der Waals surface area contributed by atoms with Crippen LogP contribution in [0.3, 0.4) is 0 Å². The monoisotopic (exact) mass is 352 g/mol. The fourth-order valence-corrected chi connectivity index (χ4v) is 3.15. The minimum Gasteiger partial charge on any atom is -0.274 e. The molecule has 9 nitrogen and oxygen atoms in total. The average Bonchev–Trinajstić information content (AvgIpc) is 2.90. The molecule has 0 saturated heterocycles. The van der Waals surface area contributed by atoms with Crippen molar-refractivity contribution < 1.29 is 18.1 Å². The van der Waals surface area contributed by atoms with Crippen LogP contribution < -0.4 is 4.72 Å². The number of sulfonamides is 1. The number of aryl methyl sites for hydroxylation is 2. The normalized spacial score (nSPS) is 11.2. The molecule has 1 aromatic heterocycles. The molecule has 0 unspecified atom stereocenters. The lowest BCUT2D eigenvalue weighted by Gasteiger charge is -2.07. The van der Waals surface area contributed by atoms with Crippen molar-refractivity contribution >= 4 is 21.6 Å². The summed E-state index contributed by atoms with van der Waals surface area (Å²) in [7, 11) is -3.87. The predicted molar refractivity (Wildman–Crippen MR) is 85.4 cm³/mol. The van der Waals surface area contributed by atoms with Crippen LogP contribution >= 0.6 is 0 Å². The summed E-state index contributed by atoms with van der Waals surface area (Å²) in [5.74, 6) is -1.07. The van der Waals surface area contributed by atoms with Gasteiger partial charge in [-0.25, -0.2) is 8.42 Å². The van der Waals surface area contributed by atoms with Crippen LogP contribution in [0.4, 0.5) is 5.69 Å². The molecule has 0 bridgehead atoms. The van der Waals surface area contributed by atoms with Gasteiger partial charge in [-0.1, -0.05) is 12.1 Å². The van der Waals surface area contributed by atoms with Crippen molar-refractivity contribution in [2.24, 2.45) is 0 Å². The highest BCUT2D eigenvalue weighted by Gasteiger charge is 2.16. The summed E-state index contributed by atoms with van der Waals surface area (Å²) in [6.45, 7) is 2.13. The topological polar surface area (TPSA) is 124 Å². The molecular weight excluding hydrogens is 336 g/mol. The van der Waals surface area contributed by atoms with Crippen molar-refractivity contribution in [3.8, 4) is 0 Å². The summed E-state index contributed by atoms with van der Waals surface area (Å²) in [5, 5.41) is 14.6. The maximum atomic E-state index is 12.0. The number of non-ortho nitro benzene ring substituents is 1. The van der Waals surface area contributed by atoms with Gasteiger partial charge in [0.2, 0.25) is 15.9 Å². The number of nitrogens with zero attached hydrogens (tertiary/aromatic N) is 3. The summed E-state index contributed by atoms with van der Waals surface area (Å²) >= 11 is 0. The highest BCUT2D eigenvalue weighted by Crippen LogP contribution is 2.13. The third kappa shape index (κ3) is 5.16. The number of hydrogen-bond donors (Lipinski definition) is 1. The van der Waals surface area contributed by atoms with Gasteiger partial charge in [0.1, 0.15) is 0 Å². The molecule has 128 valence electrons. The number of hydrogen-bond acceptors (Lipinski definition) is 6. The smallest absolute Gasteiger partial charge is 0.269 e. The van der Waals surface area contributed by atoms with Gasteiger partial charge in [0.25, 0.3) is 5.69 Å². The number of carbonyl (C=O) groups is 1. The fourth-order valence-electron chi connectivity index (χ4n) is 2.00. The van der Waals surface area contributed by atoms with E-state index in [1.807, 2.05) is 11.6 Å². The Balaban J connectivity index is 1.90. The molecule has 1 heterocycles. The number of carbonyl (C=O) groups excluding carboxylic acids is 1. The van der Waals surface area contributed by atoms with E-state index in [0.29, 0.717) is 5.56 Å². The number of nitro groups is 1. The van der Waals surface area contributed by atoms with Gasteiger partial charge in [0, 0.05) is 31.3 Å². The van der Waals surface area contributed by atoms with E-state index in [9.17, 15) is 23.3 Å². The quantitative estimate of drug-likeness (QED) is 0.588. The molecule has 1 aromatic carbocycles. The van der Waals surface area contributed by atoms with Crippen LogP contribution in [-0.4, -0.2) is 29.0 Å². The number of rotatable bonds is 7. The maximum absolute atomic E-state index is 12.0. The first-order chi connectivity index (χ1) is 11.2. The van der Waals surface area contributed by atoms with Crippen LogP contribution in [0.1, 0.15) is 17.5 Å². The molecule has 0 fully saturated rings. The largest absolute Gasteiger partial charge is 0.274 e. The molecule has 0 atom stereocenters. The van der Waals surface area contributed by atoms with Crippen molar-refractivity contribution in [1.29, 1.82) is 0 Å². The molecule has 0 aliphatic rings. The standard InChI is InChI=1S/C14H16N4O5S/c1-11-8-15-17(9-11)7-6-14(19)16-24(22,23)10-12-2-4-13(5-3-12)18(20)21/h2-5,8-9H,6-7,10H2,1H3,(H,16,19). The van der Waals surface area contributed by atoms with E-state index in [-0.39, 0.29) is 18.7 Å². The SMILES string of the molecule is Cc1cnn(CCC(=O)NS(=O)(=O)Cc2ccc([N+](=O)[O-])cc2)c1. The Morgan fingerprint density at radius 3 is 2.54 bits per heavy atom. The molecule has 2 aromatic rings. The van der Waals surface area contributed by atoms with Gasteiger partial charge < -0.3 is 0 Å². The zero-order valence-electron chi connectivity index (χ0n) is 12.9. The molecule has 1 N–H and O–H groups in total. The highest BCUT2D eigenvalue weighted by molar-refractivity contribution is 7.89. The molecule has 10 heteroatoms. The molecule has 24 heavy (non-hydrogen) atoms. The average molecular weight is 352 g/mol. The molecule has 0 aliphatic carbocycles. The summed E-state index contributed by atoms with van der Waals surface area (Å²) in [6, 6.07) is 5.11. The lowest BCUT2D eigenvalue weighted by Crippen LogP contribution is -2.32. The Labute approximate surface area is 138 Å². The first-order valence-electron chi connectivity index (χ1n) is 7.01. The molecule has 0 radical (unpaired) electrons. The zero-order chi connectivity index (χ0) is 17.7. The molecule has 1 amide bonds. The molecule has 2 rings (SSSR count). The Morgan fingerprint density at radius 2 is 2.00 bits per heavy atom. The first kappa shape index (κ1) is 17.6. The Hall–Kier alpha value is -2.75. The van der Waals surface area contributed by atoms with Crippen molar-refractivity contribution in [2.45, 2.75) is 25.6 Å². The van der Waals surface area contributed by atoms with Crippen molar-refractivity contribution in [1.82, 2.24) is 14.5 Å². The summed E-state index contributed by atoms with van der Waals surface area (Å²) < 4.78 is 27.4. The van der Waals surface area contributed by atoms with E-state index in [1.54, 1.807) is 17.1 Å². The summed E-state index contributed by atoms with van der Waals surface area (Å²) in [4.78, 5) is 21.7. The number of nitrogens with one attached hydrogen (secondary N) is 1. The van der Waals surface area contributed by atoms with E-state index in [2.05, 4.69) is 5.10 Å². The third-order valence-electron chi connectivity index (χ3n) is 3.10. The zero-order valence-corrected chi connectivity index (χ0v) is 13.7. The number of amides is 1. The molecule has 0 spiro atoms. The van der Waals surface area contributed by atoms with E-state index in [0.717, 1.165) is 5.56 Å². The van der Waals surface area contributed by atoms with Gasteiger partial charge in [-0.15, -0.1) is 0 Å². The molecule has 0 aliphatic heterocycles. The van der Waals surface area contributed by atoms with E-state index in [1.165, 1.54) is 24.3 Å². The number of aromatic nitrogens is 2. The van der Waals surface area contributed by atoms with Gasteiger partial charge in [-0.3, -0.25) is 24.3 Å². The molecule has 0 saturated carbocycles. The highest BCUT2D eigenvalue weighted by atomic mass is 32.2. The van der Waals surface area contributed by atoms with Crippen molar-refractivity contribution in [2.75, 3.05) is 0 Å².